The third-order valence-electron chi connectivity index (χ3n) is 4.32. The van der Waals surface area contributed by atoms with Gasteiger partial charge in [-0.15, -0.1) is 0 Å². The topological polar surface area (TPSA) is 52.5 Å². The van der Waals surface area contributed by atoms with Crippen LogP contribution in [0.2, 0.25) is 0 Å². The van der Waals surface area contributed by atoms with E-state index in [1.165, 1.54) is 0 Å². The molecule has 0 aliphatic heterocycles. The number of nitrogens with one attached hydrogen (secondary N) is 1. The standard InChI is InChI=1S/C21H22N2O3/c1-14-5-6-15(2)23(14)17-9-7-16(8-10-17)21(24)22-19-12-11-18(25-3)13-20(19)26-4/h5-13H,1-4H3,(H,22,24). The molecule has 0 aliphatic carbocycles. The van der Waals surface area contributed by atoms with Gasteiger partial charge in [0.15, 0.2) is 0 Å². The fourth-order valence-corrected chi connectivity index (χ4v) is 2.93. The maximum absolute atomic E-state index is 12.6. The number of ether oxygens (including phenoxy) is 2. The van der Waals surface area contributed by atoms with Crippen LogP contribution in [0.1, 0.15) is 21.7 Å². The predicted octanol–water partition coefficient (Wildman–Crippen LogP) is 4.36. The Morgan fingerprint density at radius 1 is 0.885 bits per heavy atom. The van der Waals surface area contributed by atoms with Crippen molar-refractivity contribution < 1.29 is 14.3 Å². The Bertz CT molecular complexity index is 907. The van der Waals surface area contributed by atoms with E-state index in [2.05, 4.69) is 35.9 Å². The van der Waals surface area contributed by atoms with Crippen molar-refractivity contribution in [3.8, 4) is 17.2 Å². The Morgan fingerprint density at radius 3 is 2.12 bits per heavy atom. The van der Waals surface area contributed by atoms with E-state index in [4.69, 9.17) is 9.47 Å². The quantitative estimate of drug-likeness (QED) is 0.744. The normalized spacial score (nSPS) is 10.5. The monoisotopic (exact) mass is 350 g/mol. The van der Waals surface area contributed by atoms with Crippen molar-refractivity contribution >= 4 is 11.6 Å². The van der Waals surface area contributed by atoms with E-state index < -0.39 is 0 Å². The van der Waals surface area contributed by atoms with Crippen molar-refractivity contribution in [2.45, 2.75) is 13.8 Å². The third kappa shape index (κ3) is 3.42. The Morgan fingerprint density at radius 2 is 1.54 bits per heavy atom. The van der Waals surface area contributed by atoms with Crippen molar-refractivity contribution in [2.24, 2.45) is 0 Å². The highest BCUT2D eigenvalue weighted by Crippen LogP contribution is 2.29. The van der Waals surface area contributed by atoms with Crippen LogP contribution in [0, 0.1) is 13.8 Å². The van der Waals surface area contributed by atoms with Gasteiger partial charge in [-0.1, -0.05) is 0 Å². The summed E-state index contributed by atoms with van der Waals surface area (Å²) in [7, 11) is 3.14. The van der Waals surface area contributed by atoms with E-state index in [-0.39, 0.29) is 5.91 Å². The second-order valence-corrected chi connectivity index (χ2v) is 6.02. The van der Waals surface area contributed by atoms with E-state index in [0.29, 0.717) is 22.7 Å². The molecule has 0 bridgehead atoms. The first kappa shape index (κ1) is 17.6. The highest BCUT2D eigenvalue weighted by Gasteiger charge is 2.11. The minimum atomic E-state index is -0.194. The Balaban J connectivity index is 1.81. The molecule has 0 atom stereocenters. The van der Waals surface area contributed by atoms with Crippen LogP contribution in [0.3, 0.4) is 0 Å². The van der Waals surface area contributed by atoms with Crippen LogP contribution in [-0.2, 0) is 0 Å². The average Bonchev–Trinajstić information content (AvgIpc) is 3.00. The van der Waals surface area contributed by atoms with E-state index in [9.17, 15) is 4.79 Å². The van der Waals surface area contributed by atoms with Gasteiger partial charge in [-0.25, -0.2) is 0 Å². The summed E-state index contributed by atoms with van der Waals surface area (Å²) in [5.74, 6) is 1.02. The summed E-state index contributed by atoms with van der Waals surface area (Å²) in [6.45, 7) is 4.12. The zero-order chi connectivity index (χ0) is 18.7. The van der Waals surface area contributed by atoms with Gasteiger partial charge in [-0.2, -0.15) is 0 Å². The van der Waals surface area contributed by atoms with Crippen LogP contribution in [0.4, 0.5) is 5.69 Å². The molecule has 1 aromatic heterocycles. The number of aromatic nitrogens is 1. The average molecular weight is 350 g/mol. The van der Waals surface area contributed by atoms with Gasteiger partial charge in [0, 0.05) is 28.7 Å². The van der Waals surface area contributed by atoms with Gasteiger partial charge >= 0.3 is 0 Å². The molecule has 134 valence electrons. The highest BCUT2D eigenvalue weighted by molar-refractivity contribution is 6.05. The summed E-state index contributed by atoms with van der Waals surface area (Å²) < 4.78 is 12.6. The van der Waals surface area contributed by atoms with Crippen LogP contribution in [0.15, 0.2) is 54.6 Å². The van der Waals surface area contributed by atoms with Crippen LogP contribution in [0.25, 0.3) is 5.69 Å². The van der Waals surface area contributed by atoms with Crippen LogP contribution in [-0.4, -0.2) is 24.7 Å². The molecule has 26 heavy (non-hydrogen) atoms. The number of hydrogen-bond acceptors (Lipinski definition) is 3. The lowest BCUT2D eigenvalue weighted by molar-refractivity contribution is 0.102. The maximum Gasteiger partial charge on any atom is 0.255 e. The van der Waals surface area contributed by atoms with E-state index >= 15 is 0 Å². The van der Waals surface area contributed by atoms with Crippen molar-refractivity contribution in [3.05, 3.63) is 71.5 Å². The molecule has 0 fully saturated rings. The van der Waals surface area contributed by atoms with Gasteiger partial charge in [0.1, 0.15) is 11.5 Å². The lowest BCUT2D eigenvalue weighted by Crippen LogP contribution is -2.13. The molecule has 0 saturated heterocycles. The first-order chi connectivity index (χ1) is 12.5. The van der Waals surface area contributed by atoms with Crippen molar-refractivity contribution in [3.63, 3.8) is 0 Å². The molecule has 0 aliphatic rings. The number of carbonyl (C=O) groups excluding carboxylic acids is 1. The molecule has 1 amide bonds. The van der Waals surface area contributed by atoms with Gasteiger partial charge in [0.2, 0.25) is 0 Å². The molecular weight excluding hydrogens is 328 g/mol. The number of methoxy groups -OCH3 is 2. The first-order valence-corrected chi connectivity index (χ1v) is 8.32. The van der Waals surface area contributed by atoms with Gasteiger partial charge in [0.05, 0.1) is 19.9 Å². The molecule has 1 N–H and O–H groups in total. The van der Waals surface area contributed by atoms with E-state index in [1.807, 2.05) is 24.3 Å². The molecule has 5 heteroatoms. The molecule has 2 aromatic carbocycles. The minimum Gasteiger partial charge on any atom is -0.497 e. The summed E-state index contributed by atoms with van der Waals surface area (Å²) >= 11 is 0. The fraction of sp³-hybridized carbons (Fsp3) is 0.190. The van der Waals surface area contributed by atoms with Gasteiger partial charge in [-0.05, 0) is 62.4 Å². The number of hydrogen-bond donors (Lipinski definition) is 1. The molecule has 0 radical (unpaired) electrons. The van der Waals surface area contributed by atoms with Gasteiger partial charge < -0.3 is 19.4 Å². The van der Waals surface area contributed by atoms with Crippen LogP contribution < -0.4 is 14.8 Å². The molecule has 3 rings (SSSR count). The summed E-state index contributed by atoms with van der Waals surface area (Å²) in [5, 5.41) is 2.88. The minimum absolute atomic E-state index is 0.194. The lowest BCUT2D eigenvalue weighted by Gasteiger charge is -2.13. The van der Waals surface area contributed by atoms with Crippen LogP contribution >= 0.6 is 0 Å². The highest BCUT2D eigenvalue weighted by atomic mass is 16.5. The molecule has 0 saturated carbocycles. The number of benzene rings is 2. The fourth-order valence-electron chi connectivity index (χ4n) is 2.93. The second-order valence-electron chi connectivity index (χ2n) is 6.02. The largest absolute Gasteiger partial charge is 0.497 e. The maximum atomic E-state index is 12.6. The number of nitrogens with zero attached hydrogens (tertiary/aromatic N) is 1. The van der Waals surface area contributed by atoms with Crippen molar-refractivity contribution in [2.75, 3.05) is 19.5 Å². The molecule has 0 spiro atoms. The number of anilines is 1. The smallest absolute Gasteiger partial charge is 0.255 e. The Kier molecular flexibility index (Phi) is 4.98. The predicted molar refractivity (Wildman–Crippen MR) is 103 cm³/mol. The Labute approximate surface area is 153 Å². The lowest BCUT2D eigenvalue weighted by atomic mass is 10.1. The van der Waals surface area contributed by atoms with Crippen LogP contribution in [0.5, 0.6) is 11.5 Å². The van der Waals surface area contributed by atoms with Crippen molar-refractivity contribution in [1.82, 2.24) is 4.57 Å². The zero-order valence-electron chi connectivity index (χ0n) is 15.4. The van der Waals surface area contributed by atoms with Gasteiger partial charge in [-0.3, -0.25) is 4.79 Å². The number of aryl methyl sites for hydroxylation is 2. The summed E-state index contributed by atoms with van der Waals surface area (Å²) in [6, 6.07) is 16.9. The summed E-state index contributed by atoms with van der Waals surface area (Å²) in [5.41, 5.74) is 4.52. The molecule has 0 unspecified atom stereocenters. The SMILES string of the molecule is COc1ccc(NC(=O)c2ccc(-n3c(C)ccc3C)cc2)c(OC)c1. The third-order valence-corrected chi connectivity index (χ3v) is 4.32. The number of carbonyl (C=O) groups is 1. The molecular formula is C21H22N2O3. The summed E-state index contributed by atoms with van der Waals surface area (Å²) in [4.78, 5) is 12.6. The summed E-state index contributed by atoms with van der Waals surface area (Å²) in [6.07, 6.45) is 0. The second kappa shape index (κ2) is 7.35. The van der Waals surface area contributed by atoms with Crippen molar-refractivity contribution in [1.29, 1.82) is 0 Å². The first-order valence-electron chi connectivity index (χ1n) is 8.32. The Hall–Kier alpha value is -3.21. The zero-order valence-corrected chi connectivity index (χ0v) is 15.4. The van der Waals surface area contributed by atoms with Gasteiger partial charge in [0.25, 0.3) is 5.91 Å². The molecule has 5 nitrogen and oxygen atoms in total. The van der Waals surface area contributed by atoms with E-state index in [1.54, 1.807) is 32.4 Å². The van der Waals surface area contributed by atoms with E-state index in [0.717, 1.165) is 17.1 Å². The number of rotatable bonds is 5. The molecule has 1 heterocycles. The molecule has 3 aromatic rings. The number of amides is 1.